The van der Waals surface area contributed by atoms with Gasteiger partial charge in [-0.3, -0.25) is 9.59 Å². The van der Waals surface area contributed by atoms with Gasteiger partial charge in [0.1, 0.15) is 0 Å². The van der Waals surface area contributed by atoms with E-state index in [1.54, 1.807) is 11.0 Å². The van der Waals surface area contributed by atoms with E-state index in [1.165, 1.54) is 4.90 Å². The highest BCUT2D eigenvalue weighted by Crippen LogP contribution is 2.24. The molecule has 0 spiro atoms. The molecule has 1 heterocycles. The number of amides is 3. The first kappa shape index (κ1) is 23.3. The molecule has 1 aliphatic rings. The number of aryl methyl sites for hydroxylation is 1. The molecule has 3 aromatic carbocycles. The normalized spacial score (nSPS) is 14.6. The monoisotopic (exact) mass is 459 g/mol. The zero-order chi connectivity index (χ0) is 24.1. The first-order chi connectivity index (χ1) is 16.4. The lowest BCUT2D eigenvalue weighted by Crippen LogP contribution is -2.50. The molecule has 0 aliphatic carbocycles. The molecule has 0 bridgehead atoms. The first-order valence-electron chi connectivity index (χ1n) is 11.6. The molecule has 1 fully saturated rings. The number of carboxylic acid groups (broad SMARTS) is 1. The van der Waals surface area contributed by atoms with Gasteiger partial charge in [0.05, 0.1) is 6.04 Å². The Morgan fingerprint density at radius 2 is 1.53 bits per heavy atom. The van der Waals surface area contributed by atoms with Crippen LogP contribution in [0.15, 0.2) is 66.7 Å². The molecule has 3 aromatic rings. The number of carbonyl (C=O) groups is 3. The van der Waals surface area contributed by atoms with E-state index in [1.807, 2.05) is 49.4 Å². The van der Waals surface area contributed by atoms with Crippen molar-refractivity contribution >= 4 is 28.7 Å². The number of fused-ring (bicyclic) bond motifs is 1. The molecule has 0 aromatic heterocycles. The fourth-order valence-electron chi connectivity index (χ4n) is 4.49. The van der Waals surface area contributed by atoms with Gasteiger partial charge in [-0.05, 0) is 41.3 Å². The summed E-state index contributed by atoms with van der Waals surface area (Å²) >= 11 is 0. The maximum absolute atomic E-state index is 13.2. The van der Waals surface area contributed by atoms with Crippen molar-refractivity contribution in [3.63, 3.8) is 0 Å². The number of rotatable bonds is 6. The number of nitrogens with zero attached hydrogens (tertiary/aromatic N) is 2. The molecule has 0 unspecified atom stereocenters. The van der Waals surface area contributed by atoms with Crippen LogP contribution in [-0.4, -0.2) is 59.0 Å². The maximum atomic E-state index is 13.2. The molecule has 1 saturated heterocycles. The van der Waals surface area contributed by atoms with Crippen LogP contribution in [0.1, 0.15) is 40.9 Å². The summed E-state index contributed by atoms with van der Waals surface area (Å²) < 4.78 is 0. The van der Waals surface area contributed by atoms with Crippen molar-refractivity contribution in [3.05, 3.63) is 83.4 Å². The van der Waals surface area contributed by atoms with E-state index in [9.17, 15) is 14.4 Å². The summed E-state index contributed by atoms with van der Waals surface area (Å²) in [7, 11) is 0. The van der Waals surface area contributed by atoms with Gasteiger partial charge in [-0.15, -0.1) is 0 Å². The average Bonchev–Trinajstić information content (AvgIpc) is 2.87. The van der Waals surface area contributed by atoms with Crippen LogP contribution in [0.2, 0.25) is 0 Å². The van der Waals surface area contributed by atoms with E-state index >= 15 is 0 Å². The molecule has 176 valence electrons. The summed E-state index contributed by atoms with van der Waals surface area (Å²) in [6.07, 6.45) is -0.231. The minimum Gasteiger partial charge on any atom is -0.465 e. The first-order valence-corrected chi connectivity index (χ1v) is 11.6. The lowest BCUT2D eigenvalue weighted by atomic mass is 9.98. The van der Waals surface area contributed by atoms with Gasteiger partial charge in [-0.1, -0.05) is 60.7 Å². The zero-order valence-corrected chi connectivity index (χ0v) is 19.2. The number of nitrogens with one attached hydrogen (secondary N) is 1. The molecule has 0 radical (unpaired) electrons. The van der Waals surface area contributed by atoms with Crippen molar-refractivity contribution < 1.29 is 19.5 Å². The van der Waals surface area contributed by atoms with Crippen molar-refractivity contribution in [2.45, 2.75) is 25.8 Å². The van der Waals surface area contributed by atoms with E-state index in [2.05, 4.69) is 23.5 Å². The van der Waals surface area contributed by atoms with Crippen LogP contribution in [0.5, 0.6) is 0 Å². The predicted octanol–water partition coefficient (Wildman–Crippen LogP) is 4.09. The second kappa shape index (κ2) is 10.4. The third-order valence-electron chi connectivity index (χ3n) is 6.41. The number of carbonyl (C=O) groups excluding carboxylic acids is 2. The molecule has 1 aliphatic heterocycles. The minimum absolute atomic E-state index is 0.0237. The number of benzene rings is 3. The highest BCUT2D eigenvalue weighted by molar-refractivity contribution is 5.96. The van der Waals surface area contributed by atoms with Crippen LogP contribution in [0.4, 0.5) is 4.79 Å². The van der Waals surface area contributed by atoms with Crippen LogP contribution < -0.4 is 5.32 Å². The van der Waals surface area contributed by atoms with Gasteiger partial charge < -0.3 is 20.2 Å². The van der Waals surface area contributed by atoms with Crippen molar-refractivity contribution in [1.29, 1.82) is 0 Å². The summed E-state index contributed by atoms with van der Waals surface area (Å²) in [5, 5.41) is 14.4. The van der Waals surface area contributed by atoms with Gasteiger partial charge in [-0.2, -0.15) is 0 Å². The molecule has 2 N–H and O–H groups in total. The summed E-state index contributed by atoms with van der Waals surface area (Å²) in [4.78, 5) is 39.9. The molecule has 3 amide bonds. The number of piperazine rings is 1. The Morgan fingerprint density at radius 1 is 0.882 bits per heavy atom. The second-order valence-electron chi connectivity index (χ2n) is 8.57. The van der Waals surface area contributed by atoms with Crippen molar-refractivity contribution in [2.24, 2.45) is 0 Å². The Labute approximate surface area is 199 Å². The fourth-order valence-corrected chi connectivity index (χ4v) is 4.49. The highest BCUT2D eigenvalue weighted by atomic mass is 16.4. The number of hydrogen-bond acceptors (Lipinski definition) is 3. The largest absolute Gasteiger partial charge is 0.465 e. The van der Waals surface area contributed by atoms with Crippen LogP contribution in [0.3, 0.4) is 0 Å². The third kappa shape index (κ3) is 5.20. The average molecular weight is 460 g/mol. The van der Waals surface area contributed by atoms with E-state index in [-0.39, 0.29) is 24.3 Å². The zero-order valence-electron chi connectivity index (χ0n) is 19.2. The predicted molar refractivity (Wildman–Crippen MR) is 131 cm³/mol. The van der Waals surface area contributed by atoms with Gasteiger partial charge in [0.2, 0.25) is 5.91 Å². The summed E-state index contributed by atoms with van der Waals surface area (Å²) in [5.74, 6) is -0.192. The van der Waals surface area contributed by atoms with E-state index < -0.39 is 6.09 Å². The van der Waals surface area contributed by atoms with Gasteiger partial charge >= 0.3 is 6.09 Å². The molecule has 0 saturated carbocycles. The van der Waals surface area contributed by atoms with Gasteiger partial charge in [0.15, 0.2) is 0 Å². The molecule has 1 atom stereocenters. The van der Waals surface area contributed by atoms with Crippen LogP contribution in [0.25, 0.3) is 10.8 Å². The van der Waals surface area contributed by atoms with Crippen LogP contribution >= 0.6 is 0 Å². The summed E-state index contributed by atoms with van der Waals surface area (Å²) in [6.45, 7) is 3.42. The van der Waals surface area contributed by atoms with Gasteiger partial charge in [-0.25, -0.2) is 4.79 Å². The Bertz CT molecular complexity index is 1200. The SMILES string of the molecule is C[C@@H](NC(=O)c1ccccc1CCC(=O)N1CCN(C(=O)O)CC1)c1cccc2ccccc12. The fraction of sp³-hybridized carbons (Fsp3) is 0.296. The minimum atomic E-state index is -0.954. The highest BCUT2D eigenvalue weighted by Gasteiger charge is 2.24. The number of hydrogen-bond donors (Lipinski definition) is 2. The van der Waals surface area contributed by atoms with E-state index in [4.69, 9.17) is 5.11 Å². The van der Waals surface area contributed by atoms with Crippen LogP contribution in [0, 0.1) is 0 Å². The molecule has 7 nitrogen and oxygen atoms in total. The van der Waals surface area contributed by atoms with Crippen molar-refractivity contribution in [3.8, 4) is 0 Å². The van der Waals surface area contributed by atoms with Crippen molar-refractivity contribution in [2.75, 3.05) is 26.2 Å². The van der Waals surface area contributed by atoms with Gasteiger partial charge in [0.25, 0.3) is 5.91 Å². The molecule has 34 heavy (non-hydrogen) atoms. The van der Waals surface area contributed by atoms with E-state index in [0.29, 0.717) is 38.2 Å². The quantitative estimate of drug-likeness (QED) is 0.581. The molecule has 7 heteroatoms. The Hall–Kier alpha value is -3.87. The molecule has 4 rings (SSSR count). The Kier molecular flexibility index (Phi) is 7.11. The summed E-state index contributed by atoms with van der Waals surface area (Å²) in [6, 6.07) is 21.4. The van der Waals surface area contributed by atoms with Crippen molar-refractivity contribution in [1.82, 2.24) is 15.1 Å². The van der Waals surface area contributed by atoms with Gasteiger partial charge in [0, 0.05) is 38.2 Å². The lowest BCUT2D eigenvalue weighted by Gasteiger charge is -2.33. The topological polar surface area (TPSA) is 90.0 Å². The maximum Gasteiger partial charge on any atom is 0.407 e. The molecular weight excluding hydrogens is 430 g/mol. The van der Waals surface area contributed by atoms with Crippen LogP contribution in [-0.2, 0) is 11.2 Å². The van der Waals surface area contributed by atoms with E-state index in [0.717, 1.165) is 21.9 Å². The summed E-state index contributed by atoms with van der Waals surface area (Å²) in [5.41, 5.74) is 2.44. The molecular formula is C27H29N3O4. The smallest absolute Gasteiger partial charge is 0.407 e. The Balaban J connectivity index is 1.40. The standard InChI is InChI=1S/C27H29N3O4/c1-19(22-12-6-9-20-7-2-4-10-23(20)22)28-26(32)24-11-5-3-8-21(24)13-14-25(31)29-15-17-30(18-16-29)27(33)34/h2-12,19H,13-18H2,1H3,(H,28,32)(H,33,34)/t19-/m1/s1. The third-order valence-corrected chi connectivity index (χ3v) is 6.41. The second-order valence-corrected chi connectivity index (χ2v) is 8.57. The Morgan fingerprint density at radius 3 is 2.29 bits per heavy atom. The lowest BCUT2D eigenvalue weighted by molar-refractivity contribution is -0.132.